The normalized spacial score (nSPS) is 19.6. The summed E-state index contributed by atoms with van der Waals surface area (Å²) in [6, 6.07) is 4.95. The summed E-state index contributed by atoms with van der Waals surface area (Å²) in [7, 11) is 3.32. The fraction of sp³-hybridized carbons (Fsp3) is 0.500. The highest BCUT2D eigenvalue weighted by Crippen LogP contribution is 2.24. The number of likely N-dealkylation sites (tertiary alicyclic amines) is 1. The van der Waals surface area contributed by atoms with Crippen molar-refractivity contribution in [2.45, 2.75) is 19.1 Å². The molecule has 1 N–H and O–H groups in total. The van der Waals surface area contributed by atoms with Gasteiger partial charge in [-0.25, -0.2) is 4.79 Å². The van der Waals surface area contributed by atoms with Gasteiger partial charge in [-0.3, -0.25) is 4.90 Å². The molecule has 0 aliphatic carbocycles. The van der Waals surface area contributed by atoms with Crippen LogP contribution in [0.25, 0.3) is 0 Å². The molecule has 1 aromatic rings. The highest BCUT2D eigenvalue weighted by molar-refractivity contribution is 5.88. The van der Waals surface area contributed by atoms with Crippen molar-refractivity contribution in [1.29, 1.82) is 0 Å². The van der Waals surface area contributed by atoms with Gasteiger partial charge in [-0.2, -0.15) is 0 Å². The van der Waals surface area contributed by atoms with E-state index in [0.29, 0.717) is 12.1 Å². The lowest BCUT2D eigenvalue weighted by atomic mass is 10.1. The Morgan fingerprint density at radius 3 is 2.84 bits per heavy atom. The van der Waals surface area contributed by atoms with Gasteiger partial charge in [0.25, 0.3) is 0 Å². The van der Waals surface area contributed by atoms with Gasteiger partial charge < -0.3 is 14.6 Å². The van der Waals surface area contributed by atoms with Gasteiger partial charge >= 0.3 is 5.97 Å². The van der Waals surface area contributed by atoms with Gasteiger partial charge in [0.2, 0.25) is 0 Å². The number of benzene rings is 1. The summed E-state index contributed by atoms with van der Waals surface area (Å²) in [5, 5.41) is 9.04. The van der Waals surface area contributed by atoms with Crippen molar-refractivity contribution in [3.8, 4) is 5.75 Å². The number of rotatable bonds is 5. The first-order valence-corrected chi connectivity index (χ1v) is 6.29. The SMILES string of the molecule is COc1ccc(C(=O)O)cc1CN1CCC(OC)C1. The lowest BCUT2D eigenvalue weighted by Gasteiger charge is -2.18. The second-order valence-electron chi connectivity index (χ2n) is 4.71. The molecule has 0 aromatic heterocycles. The Labute approximate surface area is 112 Å². The summed E-state index contributed by atoms with van der Waals surface area (Å²) in [6.45, 7) is 2.51. The number of methoxy groups -OCH3 is 2. The maximum atomic E-state index is 11.0. The molecular weight excluding hydrogens is 246 g/mol. The lowest BCUT2D eigenvalue weighted by Crippen LogP contribution is -2.22. The number of carboxylic acid groups (broad SMARTS) is 1. The molecule has 0 spiro atoms. The molecule has 1 unspecified atom stereocenters. The largest absolute Gasteiger partial charge is 0.496 e. The molecule has 1 saturated heterocycles. The highest BCUT2D eigenvalue weighted by atomic mass is 16.5. The fourth-order valence-electron chi connectivity index (χ4n) is 2.41. The average Bonchev–Trinajstić information content (AvgIpc) is 2.86. The number of nitrogens with zero attached hydrogens (tertiary/aromatic N) is 1. The number of hydrogen-bond acceptors (Lipinski definition) is 4. The van der Waals surface area contributed by atoms with Crippen molar-refractivity contribution in [3.63, 3.8) is 0 Å². The molecule has 0 bridgehead atoms. The molecule has 5 heteroatoms. The van der Waals surface area contributed by atoms with Crippen LogP contribution >= 0.6 is 0 Å². The molecule has 19 heavy (non-hydrogen) atoms. The van der Waals surface area contributed by atoms with Crippen LogP contribution in [0, 0.1) is 0 Å². The van der Waals surface area contributed by atoms with Gasteiger partial charge in [0.15, 0.2) is 0 Å². The number of ether oxygens (including phenoxy) is 2. The molecule has 1 fully saturated rings. The fourth-order valence-corrected chi connectivity index (χ4v) is 2.41. The number of aromatic carboxylic acids is 1. The summed E-state index contributed by atoms with van der Waals surface area (Å²) in [5.74, 6) is -0.189. The van der Waals surface area contributed by atoms with Crippen LogP contribution in [0.5, 0.6) is 5.75 Å². The Bertz CT molecular complexity index is 461. The summed E-state index contributed by atoms with van der Waals surface area (Å²) in [6.07, 6.45) is 1.28. The van der Waals surface area contributed by atoms with E-state index in [4.69, 9.17) is 14.6 Å². The Kier molecular flexibility index (Phi) is 4.39. The molecule has 1 heterocycles. The van der Waals surface area contributed by atoms with E-state index in [1.165, 1.54) is 0 Å². The predicted molar refractivity (Wildman–Crippen MR) is 70.6 cm³/mol. The maximum Gasteiger partial charge on any atom is 0.335 e. The third kappa shape index (κ3) is 3.24. The zero-order chi connectivity index (χ0) is 13.8. The molecule has 1 aliphatic heterocycles. The Balaban J connectivity index is 2.14. The van der Waals surface area contributed by atoms with Gasteiger partial charge in [-0.05, 0) is 24.6 Å². The molecule has 1 aliphatic rings. The highest BCUT2D eigenvalue weighted by Gasteiger charge is 2.23. The van der Waals surface area contributed by atoms with E-state index in [1.54, 1.807) is 32.4 Å². The monoisotopic (exact) mass is 265 g/mol. The Morgan fingerprint density at radius 2 is 2.26 bits per heavy atom. The van der Waals surface area contributed by atoms with Gasteiger partial charge in [-0.1, -0.05) is 0 Å². The topological polar surface area (TPSA) is 59.0 Å². The first-order chi connectivity index (χ1) is 9.13. The first-order valence-electron chi connectivity index (χ1n) is 6.29. The van der Waals surface area contributed by atoms with Crippen molar-refractivity contribution in [3.05, 3.63) is 29.3 Å². The summed E-state index contributed by atoms with van der Waals surface area (Å²) in [5.41, 5.74) is 1.19. The smallest absolute Gasteiger partial charge is 0.335 e. The molecule has 1 aromatic carbocycles. The summed E-state index contributed by atoms with van der Waals surface area (Å²) in [4.78, 5) is 13.3. The van der Waals surface area contributed by atoms with Crippen LogP contribution in [0.4, 0.5) is 0 Å². The summed E-state index contributed by atoms with van der Waals surface area (Å²) < 4.78 is 10.6. The molecule has 0 amide bonds. The molecule has 0 radical (unpaired) electrons. The second-order valence-corrected chi connectivity index (χ2v) is 4.71. The number of hydrogen-bond donors (Lipinski definition) is 1. The molecule has 1 atom stereocenters. The first kappa shape index (κ1) is 13.8. The minimum absolute atomic E-state index is 0.272. The molecular formula is C14H19NO4. The van der Waals surface area contributed by atoms with Crippen molar-refractivity contribution in [1.82, 2.24) is 4.90 Å². The van der Waals surface area contributed by atoms with E-state index in [-0.39, 0.29) is 6.10 Å². The molecule has 5 nitrogen and oxygen atoms in total. The van der Waals surface area contributed by atoms with Gasteiger partial charge in [-0.15, -0.1) is 0 Å². The third-order valence-corrected chi connectivity index (χ3v) is 3.48. The van der Waals surface area contributed by atoms with E-state index in [9.17, 15) is 4.79 Å². The Morgan fingerprint density at radius 1 is 1.47 bits per heavy atom. The molecule has 104 valence electrons. The standard InChI is InChI=1S/C14H19NO4/c1-18-12-5-6-15(9-12)8-11-7-10(14(16)17)3-4-13(11)19-2/h3-4,7,12H,5-6,8-9H2,1-2H3,(H,16,17). The van der Waals surface area contributed by atoms with Crippen LogP contribution in [0.1, 0.15) is 22.3 Å². The van der Waals surface area contributed by atoms with Crippen molar-refractivity contribution >= 4 is 5.97 Å². The zero-order valence-corrected chi connectivity index (χ0v) is 11.3. The lowest BCUT2D eigenvalue weighted by molar-refractivity contribution is 0.0696. The van der Waals surface area contributed by atoms with E-state index in [2.05, 4.69) is 4.90 Å². The van der Waals surface area contributed by atoms with Crippen LogP contribution in [0.2, 0.25) is 0 Å². The van der Waals surface area contributed by atoms with Crippen molar-refractivity contribution < 1.29 is 19.4 Å². The molecule has 2 rings (SSSR count). The van der Waals surface area contributed by atoms with Gasteiger partial charge in [0.1, 0.15) is 5.75 Å². The minimum Gasteiger partial charge on any atom is -0.496 e. The van der Waals surface area contributed by atoms with E-state index in [0.717, 1.165) is 30.8 Å². The third-order valence-electron chi connectivity index (χ3n) is 3.48. The van der Waals surface area contributed by atoms with Crippen molar-refractivity contribution in [2.24, 2.45) is 0 Å². The summed E-state index contributed by atoms with van der Waals surface area (Å²) >= 11 is 0. The Hall–Kier alpha value is -1.59. The predicted octanol–water partition coefficient (Wildman–Crippen LogP) is 1.61. The van der Waals surface area contributed by atoms with Crippen LogP contribution in [0.15, 0.2) is 18.2 Å². The van der Waals surface area contributed by atoms with Crippen LogP contribution in [-0.4, -0.2) is 49.4 Å². The number of carbonyl (C=O) groups is 1. The second kappa shape index (κ2) is 6.04. The van der Waals surface area contributed by atoms with Crippen molar-refractivity contribution in [2.75, 3.05) is 27.3 Å². The maximum absolute atomic E-state index is 11.0. The number of carboxylic acids is 1. The van der Waals surface area contributed by atoms with E-state index in [1.807, 2.05) is 0 Å². The molecule has 0 saturated carbocycles. The minimum atomic E-state index is -0.917. The van der Waals surface area contributed by atoms with Gasteiger partial charge in [0.05, 0.1) is 18.8 Å². The quantitative estimate of drug-likeness (QED) is 0.876. The van der Waals surface area contributed by atoms with Crippen LogP contribution in [-0.2, 0) is 11.3 Å². The van der Waals surface area contributed by atoms with E-state index < -0.39 is 5.97 Å². The van der Waals surface area contributed by atoms with Gasteiger partial charge in [0, 0.05) is 32.3 Å². The zero-order valence-electron chi connectivity index (χ0n) is 11.3. The average molecular weight is 265 g/mol. The van der Waals surface area contributed by atoms with Crippen LogP contribution < -0.4 is 4.74 Å². The van der Waals surface area contributed by atoms with E-state index >= 15 is 0 Å². The van der Waals surface area contributed by atoms with Crippen LogP contribution in [0.3, 0.4) is 0 Å².